The standard InChI is InChI=1S/C13H19F/c1-4-9-13(2,3)10-11-5-7-12(14)8-6-11/h5-8H,4,9-10H2,1-3H3. The van der Waals surface area contributed by atoms with Crippen LogP contribution in [0.1, 0.15) is 39.2 Å². The number of rotatable bonds is 4. The van der Waals surface area contributed by atoms with Gasteiger partial charge >= 0.3 is 0 Å². The Morgan fingerprint density at radius 2 is 1.71 bits per heavy atom. The molecule has 0 saturated heterocycles. The van der Waals surface area contributed by atoms with Crippen molar-refractivity contribution in [1.82, 2.24) is 0 Å². The van der Waals surface area contributed by atoms with Gasteiger partial charge in [-0.15, -0.1) is 0 Å². The van der Waals surface area contributed by atoms with E-state index in [4.69, 9.17) is 0 Å². The van der Waals surface area contributed by atoms with Crippen molar-refractivity contribution in [2.45, 2.75) is 40.0 Å². The van der Waals surface area contributed by atoms with Gasteiger partial charge in [-0.25, -0.2) is 4.39 Å². The van der Waals surface area contributed by atoms with E-state index in [2.05, 4.69) is 20.8 Å². The lowest BCUT2D eigenvalue weighted by Crippen LogP contribution is -2.14. The molecule has 0 aliphatic heterocycles. The summed E-state index contributed by atoms with van der Waals surface area (Å²) in [4.78, 5) is 0. The fourth-order valence-electron chi connectivity index (χ4n) is 1.92. The summed E-state index contributed by atoms with van der Waals surface area (Å²) < 4.78 is 12.7. The molecule has 0 amide bonds. The highest BCUT2D eigenvalue weighted by molar-refractivity contribution is 5.17. The van der Waals surface area contributed by atoms with Crippen molar-refractivity contribution in [1.29, 1.82) is 0 Å². The molecule has 0 spiro atoms. The van der Waals surface area contributed by atoms with Crippen LogP contribution in [0.15, 0.2) is 24.3 Å². The molecule has 14 heavy (non-hydrogen) atoms. The Morgan fingerprint density at radius 3 is 2.21 bits per heavy atom. The van der Waals surface area contributed by atoms with Gasteiger partial charge in [0.25, 0.3) is 0 Å². The third-order valence-corrected chi connectivity index (χ3v) is 2.52. The summed E-state index contributed by atoms with van der Waals surface area (Å²) in [5.41, 5.74) is 1.55. The zero-order chi connectivity index (χ0) is 10.6. The first-order chi connectivity index (χ1) is 6.53. The summed E-state index contributed by atoms with van der Waals surface area (Å²) >= 11 is 0. The molecule has 0 atom stereocenters. The van der Waals surface area contributed by atoms with E-state index in [0.717, 1.165) is 6.42 Å². The predicted octanol–water partition coefficient (Wildman–Crippen LogP) is 4.19. The van der Waals surface area contributed by atoms with Crippen LogP contribution in [0.25, 0.3) is 0 Å². The highest BCUT2D eigenvalue weighted by atomic mass is 19.1. The van der Waals surface area contributed by atoms with E-state index in [-0.39, 0.29) is 5.82 Å². The van der Waals surface area contributed by atoms with Crippen LogP contribution < -0.4 is 0 Å². The second kappa shape index (κ2) is 4.59. The van der Waals surface area contributed by atoms with Crippen molar-refractivity contribution in [3.8, 4) is 0 Å². The van der Waals surface area contributed by atoms with E-state index in [1.807, 2.05) is 12.1 Å². The van der Waals surface area contributed by atoms with Crippen LogP contribution in [-0.4, -0.2) is 0 Å². The van der Waals surface area contributed by atoms with Gasteiger partial charge in [0.2, 0.25) is 0 Å². The molecular formula is C13H19F. The lowest BCUT2D eigenvalue weighted by Gasteiger charge is -2.23. The molecular weight excluding hydrogens is 175 g/mol. The van der Waals surface area contributed by atoms with Crippen molar-refractivity contribution in [2.75, 3.05) is 0 Å². The normalized spacial score (nSPS) is 11.7. The summed E-state index contributed by atoms with van der Waals surface area (Å²) in [7, 11) is 0. The van der Waals surface area contributed by atoms with Gasteiger partial charge in [0, 0.05) is 0 Å². The first kappa shape index (κ1) is 11.2. The number of hydrogen-bond acceptors (Lipinski definition) is 0. The van der Waals surface area contributed by atoms with Crippen LogP contribution in [0, 0.1) is 11.2 Å². The topological polar surface area (TPSA) is 0 Å². The molecule has 78 valence electrons. The summed E-state index contributed by atoms with van der Waals surface area (Å²) in [5.74, 6) is -0.151. The average Bonchev–Trinajstić information content (AvgIpc) is 2.08. The number of benzene rings is 1. The smallest absolute Gasteiger partial charge is 0.123 e. The van der Waals surface area contributed by atoms with Crippen molar-refractivity contribution < 1.29 is 4.39 Å². The fourth-order valence-corrected chi connectivity index (χ4v) is 1.92. The van der Waals surface area contributed by atoms with Gasteiger partial charge in [-0.3, -0.25) is 0 Å². The molecule has 0 unspecified atom stereocenters. The van der Waals surface area contributed by atoms with Crippen LogP contribution >= 0.6 is 0 Å². The van der Waals surface area contributed by atoms with Gasteiger partial charge in [0.15, 0.2) is 0 Å². The second-order valence-corrected chi connectivity index (χ2v) is 4.72. The van der Waals surface area contributed by atoms with E-state index in [0.29, 0.717) is 5.41 Å². The van der Waals surface area contributed by atoms with Crippen LogP contribution in [0.2, 0.25) is 0 Å². The molecule has 0 aromatic heterocycles. The van der Waals surface area contributed by atoms with E-state index in [1.54, 1.807) is 0 Å². The molecule has 0 N–H and O–H groups in total. The summed E-state index contributed by atoms with van der Waals surface area (Å²) in [6, 6.07) is 6.84. The van der Waals surface area contributed by atoms with E-state index < -0.39 is 0 Å². The van der Waals surface area contributed by atoms with Gasteiger partial charge in [-0.05, 0) is 36.0 Å². The Labute approximate surface area is 86.2 Å². The highest BCUT2D eigenvalue weighted by Gasteiger charge is 2.16. The minimum Gasteiger partial charge on any atom is -0.207 e. The molecule has 0 nitrogen and oxygen atoms in total. The maximum atomic E-state index is 12.7. The Bertz CT molecular complexity index is 272. The maximum absolute atomic E-state index is 12.7. The summed E-state index contributed by atoms with van der Waals surface area (Å²) in [6.07, 6.45) is 3.44. The first-order valence-corrected chi connectivity index (χ1v) is 5.28. The molecule has 1 aromatic rings. The van der Waals surface area contributed by atoms with E-state index in [1.165, 1.54) is 30.5 Å². The SMILES string of the molecule is CCCC(C)(C)Cc1ccc(F)cc1. The largest absolute Gasteiger partial charge is 0.207 e. The average molecular weight is 194 g/mol. The minimum atomic E-state index is -0.151. The van der Waals surface area contributed by atoms with Crippen molar-refractivity contribution in [3.05, 3.63) is 35.6 Å². The molecule has 0 fully saturated rings. The van der Waals surface area contributed by atoms with Gasteiger partial charge in [0.05, 0.1) is 0 Å². The third-order valence-electron chi connectivity index (χ3n) is 2.52. The molecule has 0 aliphatic carbocycles. The zero-order valence-corrected chi connectivity index (χ0v) is 9.31. The Kier molecular flexibility index (Phi) is 3.68. The van der Waals surface area contributed by atoms with Crippen LogP contribution in [0.5, 0.6) is 0 Å². The predicted molar refractivity (Wildman–Crippen MR) is 58.8 cm³/mol. The van der Waals surface area contributed by atoms with Crippen LogP contribution in [-0.2, 0) is 6.42 Å². The monoisotopic (exact) mass is 194 g/mol. The lowest BCUT2D eigenvalue weighted by atomic mass is 9.82. The van der Waals surface area contributed by atoms with Crippen LogP contribution in [0.4, 0.5) is 4.39 Å². The molecule has 0 radical (unpaired) electrons. The first-order valence-electron chi connectivity index (χ1n) is 5.28. The van der Waals surface area contributed by atoms with E-state index in [9.17, 15) is 4.39 Å². The van der Waals surface area contributed by atoms with Crippen molar-refractivity contribution in [2.24, 2.45) is 5.41 Å². The Morgan fingerprint density at radius 1 is 1.14 bits per heavy atom. The molecule has 1 heteroatoms. The molecule has 0 aliphatic rings. The number of hydrogen-bond donors (Lipinski definition) is 0. The lowest BCUT2D eigenvalue weighted by molar-refractivity contribution is 0.329. The van der Waals surface area contributed by atoms with E-state index >= 15 is 0 Å². The zero-order valence-electron chi connectivity index (χ0n) is 9.31. The Hall–Kier alpha value is -0.850. The molecule has 0 bridgehead atoms. The van der Waals surface area contributed by atoms with Crippen molar-refractivity contribution >= 4 is 0 Å². The third kappa shape index (κ3) is 3.49. The minimum absolute atomic E-state index is 0.151. The molecule has 0 heterocycles. The highest BCUT2D eigenvalue weighted by Crippen LogP contribution is 2.27. The van der Waals surface area contributed by atoms with Gasteiger partial charge in [0.1, 0.15) is 5.82 Å². The summed E-state index contributed by atoms with van der Waals surface area (Å²) in [5, 5.41) is 0. The quantitative estimate of drug-likeness (QED) is 0.674. The molecule has 0 saturated carbocycles. The van der Waals surface area contributed by atoms with Gasteiger partial charge in [-0.2, -0.15) is 0 Å². The van der Waals surface area contributed by atoms with Crippen LogP contribution in [0.3, 0.4) is 0 Å². The molecule has 1 rings (SSSR count). The Balaban J connectivity index is 2.64. The second-order valence-electron chi connectivity index (χ2n) is 4.72. The fraction of sp³-hybridized carbons (Fsp3) is 0.538. The maximum Gasteiger partial charge on any atom is 0.123 e. The van der Waals surface area contributed by atoms with Crippen molar-refractivity contribution in [3.63, 3.8) is 0 Å². The van der Waals surface area contributed by atoms with Gasteiger partial charge in [-0.1, -0.05) is 39.3 Å². The summed E-state index contributed by atoms with van der Waals surface area (Å²) in [6.45, 7) is 6.73. The number of halogens is 1. The molecule has 1 aromatic carbocycles. The van der Waals surface area contributed by atoms with Gasteiger partial charge < -0.3 is 0 Å².